The number of nitrogens with zero attached hydrogens (tertiary/aromatic N) is 2. The van der Waals surface area contributed by atoms with Crippen LogP contribution < -0.4 is 10.6 Å². The summed E-state index contributed by atoms with van der Waals surface area (Å²) in [5.74, 6) is 1.18. The van der Waals surface area contributed by atoms with Crippen LogP contribution in [0, 0.1) is 5.92 Å². The van der Waals surface area contributed by atoms with E-state index in [0.29, 0.717) is 25.7 Å². The summed E-state index contributed by atoms with van der Waals surface area (Å²) in [6.45, 7) is 7.15. The first-order chi connectivity index (χ1) is 13.2. The molecule has 1 fully saturated rings. The molecule has 1 heterocycles. The number of aliphatic imine (C=N–C) groups is 1. The number of halogens is 1. The van der Waals surface area contributed by atoms with Gasteiger partial charge >= 0.3 is 0 Å². The topological polar surface area (TPSA) is 75.2 Å². The molecule has 1 saturated heterocycles. The Labute approximate surface area is 185 Å². The summed E-state index contributed by atoms with van der Waals surface area (Å²) >= 11 is 0. The summed E-state index contributed by atoms with van der Waals surface area (Å²) in [6.07, 6.45) is 1.07. The number of hydrogen-bond donors (Lipinski definition) is 2. The van der Waals surface area contributed by atoms with Gasteiger partial charge in [0.05, 0.1) is 19.8 Å². The summed E-state index contributed by atoms with van der Waals surface area (Å²) in [4.78, 5) is 18.5. The van der Waals surface area contributed by atoms with Crippen LogP contribution in [0.1, 0.15) is 18.9 Å². The quantitative estimate of drug-likeness (QED) is 0.220. The lowest BCUT2D eigenvalue weighted by atomic mass is 10.1. The lowest BCUT2D eigenvalue weighted by Crippen LogP contribution is -2.41. The number of nitrogens with one attached hydrogen (secondary N) is 2. The fourth-order valence-electron chi connectivity index (χ4n) is 3.00. The van der Waals surface area contributed by atoms with E-state index in [1.54, 1.807) is 7.11 Å². The summed E-state index contributed by atoms with van der Waals surface area (Å²) < 4.78 is 10.8. The Balaban J connectivity index is 0.00000392. The maximum absolute atomic E-state index is 11.8. The van der Waals surface area contributed by atoms with Crippen molar-refractivity contribution in [3.05, 3.63) is 35.9 Å². The van der Waals surface area contributed by atoms with Crippen LogP contribution in [0.2, 0.25) is 0 Å². The van der Waals surface area contributed by atoms with Crippen LogP contribution in [-0.4, -0.2) is 69.8 Å². The van der Waals surface area contributed by atoms with Crippen molar-refractivity contribution in [1.82, 2.24) is 15.5 Å². The van der Waals surface area contributed by atoms with Crippen LogP contribution in [0.4, 0.5) is 0 Å². The number of ether oxygens (including phenoxy) is 2. The number of guanidine groups is 1. The number of carbonyl (C=O) groups is 1. The van der Waals surface area contributed by atoms with Gasteiger partial charge in [-0.1, -0.05) is 30.3 Å². The minimum Gasteiger partial charge on any atom is -0.383 e. The van der Waals surface area contributed by atoms with E-state index in [4.69, 9.17) is 9.47 Å². The lowest BCUT2D eigenvalue weighted by Gasteiger charge is -2.21. The number of benzene rings is 1. The highest BCUT2D eigenvalue weighted by molar-refractivity contribution is 14.0. The van der Waals surface area contributed by atoms with Gasteiger partial charge in [-0.2, -0.15) is 0 Å². The number of hydrogen-bond acceptors (Lipinski definition) is 4. The number of rotatable bonds is 10. The summed E-state index contributed by atoms with van der Waals surface area (Å²) in [5.41, 5.74) is 1.20. The number of amides is 1. The molecular weight excluding hydrogens is 471 g/mol. The molecule has 2 N–H and O–H groups in total. The predicted molar refractivity (Wildman–Crippen MR) is 122 cm³/mol. The third-order valence-electron chi connectivity index (χ3n) is 4.39. The Morgan fingerprint density at radius 3 is 2.79 bits per heavy atom. The van der Waals surface area contributed by atoms with E-state index >= 15 is 0 Å². The van der Waals surface area contributed by atoms with E-state index in [-0.39, 0.29) is 36.4 Å². The van der Waals surface area contributed by atoms with E-state index in [1.165, 1.54) is 5.56 Å². The van der Waals surface area contributed by atoms with Gasteiger partial charge in [0.15, 0.2) is 5.96 Å². The van der Waals surface area contributed by atoms with Crippen LogP contribution in [-0.2, 0) is 20.9 Å². The molecule has 1 aromatic carbocycles. The maximum Gasteiger partial charge on any atom is 0.241 e. The number of carbonyl (C=O) groups excluding carboxylic acids is 1. The maximum atomic E-state index is 11.8. The van der Waals surface area contributed by atoms with Gasteiger partial charge in [0.2, 0.25) is 5.91 Å². The smallest absolute Gasteiger partial charge is 0.241 e. The summed E-state index contributed by atoms with van der Waals surface area (Å²) in [6, 6.07) is 10.2. The number of likely N-dealkylation sites (tertiary alicyclic amines) is 1. The number of methoxy groups -OCH3 is 1. The third kappa shape index (κ3) is 9.20. The molecule has 2 rings (SSSR count). The molecular formula is C20H33IN4O3. The fourth-order valence-corrected chi connectivity index (χ4v) is 3.00. The van der Waals surface area contributed by atoms with Crippen LogP contribution >= 0.6 is 24.0 Å². The zero-order chi connectivity index (χ0) is 19.3. The van der Waals surface area contributed by atoms with Gasteiger partial charge in [0, 0.05) is 39.2 Å². The molecule has 1 unspecified atom stereocenters. The van der Waals surface area contributed by atoms with Gasteiger partial charge in [0.1, 0.15) is 6.54 Å². The molecule has 0 saturated carbocycles. The second-order valence-electron chi connectivity index (χ2n) is 6.61. The summed E-state index contributed by atoms with van der Waals surface area (Å²) in [5, 5.41) is 6.07. The molecule has 1 aliphatic rings. The molecule has 0 aliphatic carbocycles. The average Bonchev–Trinajstić information content (AvgIpc) is 3.15. The van der Waals surface area contributed by atoms with E-state index in [2.05, 4.69) is 32.7 Å². The molecule has 0 radical (unpaired) electrons. The van der Waals surface area contributed by atoms with Crippen molar-refractivity contribution in [1.29, 1.82) is 0 Å². The van der Waals surface area contributed by atoms with Gasteiger partial charge in [-0.15, -0.1) is 24.0 Å². The molecule has 7 nitrogen and oxygen atoms in total. The first-order valence-electron chi connectivity index (χ1n) is 9.63. The third-order valence-corrected chi connectivity index (χ3v) is 4.39. The largest absolute Gasteiger partial charge is 0.383 e. The second kappa shape index (κ2) is 14.6. The van der Waals surface area contributed by atoms with Crippen LogP contribution in [0.15, 0.2) is 35.3 Å². The van der Waals surface area contributed by atoms with Gasteiger partial charge in [-0.25, -0.2) is 4.99 Å². The molecule has 1 amide bonds. The van der Waals surface area contributed by atoms with E-state index < -0.39 is 0 Å². The van der Waals surface area contributed by atoms with Crippen molar-refractivity contribution in [2.75, 3.05) is 53.0 Å². The Hall–Kier alpha value is -1.39. The average molecular weight is 504 g/mol. The second-order valence-corrected chi connectivity index (χ2v) is 6.61. The predicted octanol–water partition coefficient (Wildman–Crippen LogP) is 1.87. The Kier molecular flexibility index (Phi) is 12.8. The first kappa shape index (κ1) is 24.6. The van der Waals surface area contributed by atoms with Crippen molar-refractivity contribution in [3.63, 3.8) is 0 Å². The van der Waals surface area contributed by atoms with Crippen molar-refractivity contribution < 1.29 is 14.3 Å². The van der Waals surface area contributed by atoms with E-state index in [1.807, 2.05) is 25.1 Å². The van der Waals surface area contributed by atoms with Gasteiger partial charge < -0.3 is 25.0 Å². The fraction of sp³-hybridized carbons (Fsp3) is 0.600. The first-order valence-corrected chi connectivity index (χ1v) is 9.63. The van der Waals surface area contributed by atoms with Crippen LogP contribution in [0.5, 0.6) is 0 Å². The molecule has 0 spiro atoms. The standard InChI is InChI=1S/C20H32N4O3.HI/c1-3-21-20(23-13-19(25)22-10-12-26-2)24-11-9-18(14-24)16-27-15-17-7-5-4-6-8-17;/h4-8,18H,3,9-16H2,1-2H3,(H,21,23)(H,22,25);1H. The monoisotopic (exact) mass is 504 g/mol. The van der Waals surface area contributed by atoms with Gasteiger partial charge in [-0.05, 0) is 18.9 Å². The highest BCUT2D eigenvalue weighted by Crippen LogP contribution is 2.17. The highest BCUT2D eigenvalue weighted by Gasteiger charge is 2.25. The van der Waals surface area contributed by atoms with Crippen molar-refractivity contribution in [3.8, 4) is 0 Å². The van der Waals surface area contributed by atoms with Gasteiger partial charge in [0.25, 0.3) is 0 Å². The molecule has 0 bridgehead atoms. The molecule has 0 aromatic heterocycles. The molecule has 1 aliphatic heterocycles. The summed E-state index contributed by atoms with van der Waals surface area (Å²) in [7, 11) is 1.61. The minimum atomic E-state index is -0.0932. The van der Waals surface area contributed by atoms with Crippen molar-refractivity contribution in [2.24, 2.45) is 10.9 Å². The lowest BCUT2D eigenvalue weighted by molar-refractivity contribution is -0.119. The molecule has 158 valence electrons. The van der Waals surface area contributed by atoms with Crippen molar-refractivity contribution >= 4 is 35.8 Å². The van der Waals surface area contributed by atoms with Crippen LogP contribution in [0.25, 0.3) is 0 Å². The SMILES string of the molecule is CCNC(=NCC(=O)NCCOC)N1CCC(COCc2ccccc2)C1.I. The zero-order valence-electron chi connectivity index (χ0n) is 16.9. The molecule has 28 heavy (non-hydrogen) atoms. The van der Waals surface area contributed by atoms with Crippen molar-refractivity contribution in [2.45, 2.75) is 20.0 Å². The van der Waals surface area contributed by atoms with E-state index in [9.17, 15) is 4.79 Å². The van der Waals surface area contributed by atoms with Gasteiger partial charge in [-0.3, -0.25) is 4.79 Å². The normalized spacial score (nSPS) is 16.6. The Morgan fingerprint density at radius 2 is 2.07 bits per heavy atom. The Bertz CT molecular complexity index is 586. The minimum absolute atomic E-state index is 0. The van der Waals surface area contributed by atoms with Crippen LogP contribution in [0.3, 0.4) is 0 Å². The van der Waals surface area contributed by atoms with E-state index in [0.717, 1.165) is 38.6 Å². The zero-order valence-corrected chi connectivity index (χ0v) is 19.2. The molecule has 8 heteroatoms. The Morgan fingerprint density at radius 1 is 1.29 bits per heavy atom. The molecule has 1 atom stereocenters. The highest BCUT2D eigenvalue weighted by atomic mass is 127. The molecule has 1 aromatic rings.